The summed E-state index contributed by atoms with van der Waals surface area (Å²) in [5, 5.41) is 51.3. The maximum atomic E-state index is 10.4. The Balaban J connectivity index is -0.000000618. The van der Waals surface area contributed by atoms with E-state index in [1.807, 2.05) is 74.5 Å². The van der Waals surface area contributed by atoms with Crippen LogP contribution in [0, 0.1) is 11.3 Å². The number of carboxylic acid groups (broad SMARTS) is 5. The fourth-order valence-corrected chi connectivity index (χ4v) is 3.61. The molecule has 0 aromatic heterocycles. The van der Waals surface area contributed by atoms with Gasteiger partial charge in [-0.25, -0.2) is 0 Å². The van der Waals surface area contributed by atoms with E-state index in [0.717, 1.165) is 11.1 Å². The van der Waals surface area contributed by atoms with Gasteiger partial charge in [-0.15, -0.1) is 0 Å². The van der Waals surface area contributed by atoms with E-state index in [9.17, 15) is 28.8 Å². The third-order valence-corrected chi connectivity index (χ3v) is 6.62. The quantitative estimate of drug-likeness (QED) is 0.0492. The molecule has 0 saturated heterocycles. The van der Waals surface area contributed by atoms with Gasteiger partial charge >= 0.3 is 29.8 Å². The van der Waals surface area contributed by atoms with Crippen molar-refractivity contribution in [2.45, 2.75) is 89.0 Å². The Labute approximate surface area is 319 Å². The summed E-state index contributed by atoms with van der Waals surface area (Å²) in [6, 6.07) is 14.6. The van der Waals surface area contributed by atoms with Crippen LogP contribution in [0.25, 0.3) is 0 Å². The number of rotatable bonds is 18. The lowest BCUT2D eigenvalue weighted by atomic mass is 10.1. The van der Waals surface area contributed by atoms with Crippen molar-refractivity contribution in [3.05, 3.63) is 71.8 Å². The molecule has 0 aliphatic rings. The Morgan fingerprint density at radius 3 is 1.20 bits per heavy atom. The van der Waals surface area contributed by atoms with E-state index in [1.54, 1.807) is 0 Å². The number of amides is 1. The lowest BCUT2D eigenvalue weighted by molar-refractivity contribution is -0.139. The molecule has 0 spiro atoms. The first-order valence-corrected chi connectivity index (χ1v) is 16.9. The van der Waals surface area contributed by atoms with Gasteiger partial charge in [0.05, 0.1) is 0 Å². The van der Waals surface area contributed by atoms with Crippen molar-refractivity contribution in [3.8, 4) is 0 Å². The Bertz CT molecular complexity index is 1360. The Kier molecular flexibility index (Phi) is 31.1. The van der Waals surface area contributed by atoms with Crippen LogP contribution in [0.15, 0.2) is 60.7 Å². The maximum absolute atomic E-state index is 10.4. The molecule has 0 aliphatic heterocycles. The van der Waals surface area contributed by atoms with Crippen molar-refractivity contribution in [2.75, 3.05) is 6.54 Å². The summed E-state index contributed by atoms with van der Waals surface area (Å²) in [4.78, 5) is 61.2. The molecular formula is C35H59N9O11. The Morgan fingerprint density at radius 1 is 0.582 bits per heavy atom. The molecule has 2 aromatic carbocycles. The van der Waals surface area contributed by atoms with Gasteiger partial charge in [0.25, 0.3) is 0 Å². The van der Waals surface area contributed by atoms with Crippen LogP contribution >= 0.6 is 0 Å². The molecule has 310 valence electrons. The minimum atomic E-state index is -1.11. The van der Waals surface area contributed by atoms with Gasteiger partial charge in [0.15, 0.2) is 5.96 Å². The van der Waals surface area contributed by atoms with Crippen LogP contribution < -0.4 is 45.5 Å². The zero-order valence-corrected chi connectivity index (χ0v) is 31.1. The van der Waals surface area contributed by atoms with E-state index in [4.69, 9.17) is 71.1 Å². The molecule has 0 bridgehead atoms. The average molecular weight is 782 g/mol. The first kappa shape index (κ1) is 53.7. The van der Waals surface area contributed by atoms with Crippen molar-refractivity contribution in [1.82, 2.24) is 5.32 Å². The minimum absolute atomic E-state index is 0.0213. The number of carbonyl (C=O) groups is 6. The molecule has 55 heavy (non-hydrogen) atoms. The number of nitrogens with two attached hydrogens (primary N) is 7. The molecule has 5 atom stereocenters. The van der Waals surface area contributed by atoms with E-state index in [1.165, 1.54) is 0 Å². The summed E-state index contributed by atoms with van der Waals surface area (Å²) in [6.45, 7) is 4.38. The molecule has 20 nitrogen and oxygen atoms in total. The van der Waals surface area contributed by atoms with Crippen LogP contribution in [0.3, 0.4) is 0 Å². The summed E-state index contributed by atoms with van der Waals surface area (Å²) in [6.07, 6.45) is 2.42. The van der Waals surface area contributed by atoms with Crippen LogP contribution in [0.1, 0.15) is 57.1 Å². The van der Waals surface area contributed by atoms with Crippen molar-refractivity contribution in [1.29, 1.82) is 5.41 Å². The number of benzene rings is 2. The zero-order valence-electron chi connectivity index (χ0n) is 31.1. The topological polar surface area (TPSA) is 422 Å². The SMILES string of the molecule is CC(C)CC(N)C(=O)O.N=C(N)NCCCC(N)C(=O)O.NC(=O)CCC(N)C(=O)O.NC(Cc1ccccc1)C(=O)O.NC(Cc1ccccc1)C(=O)O. The van der Waals surface area contributed by atoms with Crippen LogP contribution in [0.5, 0.6) is 0 Å². The highest BCUT2D eigenvalue weighted by Gasteiger charge is 2.14. The average Bonchev–Trinajstić information content (AvgIpc) is 3.10. The molecule has 0 heterocycles. The Hall–Kier alpha value is -5.67. The van der Waals surface area contributed by atoms with Gasteiger partial charge < -0.3 is 71.0 Å². The van der Waals surface area contributed by atoms with Crippen molar-refractivity contribution < 1.29 is 54.3 Å². The molecule has 0 radical (unpaired) electrons. The number of hydrogen-bond donors (Lipinski definition) is 14. The van der Waals surface area contributed by atoms with Crippen molar-refractivity contribution in [3.63, 3.8) is 0 Å². The predicted molar refractivity (Wildman–Crippen MR) is 205 cm³/mol. The van der Waals surface area contributed by atoms with E-state index >= 15 is 0 Å². The third-order valence-electron chi connectivity index (χ3n) is 6.62. The molecule has 0 aliphatic carbocycles. The molecule has 5 unspecified atom stereocenters. The van der Waals surface area contributed by atoms with Gasteiger partial charge in [0, 0.05) is 13.0 Å². The summed E-state index contributed by atoms with van der Waals surface area (Å²) in [7, 11) is 0. The fourth-order valence-electron chi connectivity index (χ4n) is 3.61. The summed E-state index contributed by atoms with van der Waals surface area (Å²) >= 11 is 0. The monoisotopic (exact) mass is 781 g/mol. The lowest BCUT2D eigenvalue weighted by Crippen LogP contribution is -2.34. The zero-order chi connectivity index (χ0) is 43.1. The number of guanidine groups is 1. The van der Waals surface area contributed by atoms with Gasteiger partial charge in [-0.05, 0) is 55.6 Å². The second-order valence-corrected chi connectivity index (χ2v) is 12.2. The van der Waals surface area contributed by atoms with E-state index < -0.39 is 66.0 Å². The number of hydrogen-bond acceptors (Lipinski definition) is 12. The highest BCUT2D eigenvalue weighted by atomic mass is 16.4. The molecule has 2 rings (SSSR count). The van der Waals surface area contributed by atoms with Crippen LogP contribution in [0.4, 0.5) is 0 Å². The summed E-state index contributed by atoms with van der Waals surface area (Å²) < 4.78 is 0. The van der Waals surface area contributed by atoms with Gasteiger partial charge in [-0.2, -0.15) is 0 Å². The van der Waals surface area contributed by atoms with Gasteiger partial charge in [-0.3, -0.25) is 34.2 Å². The highest BCUT2D eigenvalue weighted by molar-refractivity contribution is 5.77. The first-order chi connectivity index (χ1) is 25.5. The molecule has 1 amide bonds. The second kappa shape index (κ2) is 31.8. The molecule has 0 saturated carbocycles. The second-order valence-electron chi connectivity index (χ2n) is 12.2. The van der Waals surface area contributed by atoms with E-state index in [-0.39, 0.29) is 18.8 Å². The van der Waals surface area contributed by atoms with Gasteiger partial charge in [0.2, 0.25) is 5.91 Å². The third kappa shape index (κ3) is 35.1. The number of primary amides is 1. The molecule has 2 aromatic rings. The molecule has 20 heteroatoms. The van der Waals surface area contributed by atoms with Crippen LogP contribution in [0.2, 0.25) is 0 Å². The van der Waals surface area contributed by atoms with Gasteiger partial charge in [-0.1, -0.05) is 74.5 Å². The predicted octanol–water partition coefficient (Wildman–Crippen LogP) is -0.948. The van der Waals surface area contributed by atoms with Crippen LogP contribution in [-0.4, -0.2) is 104 Å². The van der Waals surface area contributed by atoms with Crippen LogP contribution in [-0.2, 0) is 41.6 Å². The van der Waals surface area contributed by atoms with E-state index in [0.29, 0.717) is 44.6 Å². The largest absolute Gasteiger partial charge is 0.480 e. The fraction of sp³-hybridized carbons (Fsp3) is 0.457. The minimum Gasteiger partial charge on any atom is -0.480 e. The van der Waals surface area contributed by atoms with Gasteiger partial charge in [0.1, 0.15) is 30.2 Å². The first-order valence-electron chi connectivity index (χ1n) is 16.9. The van der Waals surface area contributed by atoms with Crippen molar-refractivity contribution >= 4 is 41.7 Å². The van der Waals surface area contributed by atoms with Crippen molar-refractivity contribution in [2.24, 2.45) is 46.1 Å². The summed E-state index contributed by atoms with van der Waals surface area (Å²) in [5.41, 5.74) is 37.8. The molecule has 0 fully saturated rings. The highest BCUT2D eigenvalue weighted by Crippen LogP contribution is 2.03. The number of aliphatic carboxylic acids is 5. The smallest absolute Gasteiger partial charge is 0.320 e. The molecular weight excluding hydrogens is 722 g/mol. The number of carbonyl (C=O) groups excluding carboxylic acids is 1. The van der Waals surface area contributed by atoms with E-state index in [2.05, 4.69) is 5.32 Å². The Morgan fingerprint density at radius 2 is 0.927 bits per heavy atom. The summed E-state index contributed by atoms with van der Waals surface area (Å²) in [5.74, 6) is -5.23. The molecule has 21 N–H and O–H groups in total. The number of nitrogens with one attached hydrogen (secondary N) is 2. The number of carboxylic acids is 5. The maximum Gasteiger partial charge on any atom is 0.320 e. The standard InChI is InChI=1S/2C9H11NO2.C6H14N4O2.C6H13NO2.C5H10N2O3/c2*10-8(9(11)12)6-7-4-2-1-3-5-7;7-4(5(11)12)2-1-3-10-6(8)9;1-4(2)3-5(7)6(8)9;6-3(5(9)10)1-2-4(7)8/h2*1-5,8H,6,10H2,(H,11,12);4H,1-3,7H2,(H,11,12)(H4,8,9,10);4-5H,3,7H2,1-2H3,(H,8,9);3H,1-2,6H2,(H2,7,8)(H,9,10). The lowest BCUT2D eigenvalue weighted by Gasteiger charge is -2.07. The normalized spacial score (nSPS) is 12.6.